The molecule has 1 nitrogen and oxygen atoms in total. The van der Waals surface area contributed by atoms with Crippen LogP contribution in [0.3, 0.4) is 0 Å². The fourth-order valence-corrected chi connectivity index (χ4v) is 1.37. The lowest BCUT2D eigenvalue weighted by molar-refractivity contribution is 0.365. The monoisotopic (exact) mass is 177 g/mol. The molecule has 1 heteroatoms. The van der Waals surface area contributed by atoms with Gasteiger partial charge in [0.2, 0.25) is 0 Å². The molecule has 0 radical (unpaired) electrons. The van der Waals surface area contributed by atoms with E-state index < -0.39 is 0 Å². The number of hydrogen-bond acceptors (Lipinski definition) is 1. The van der Waals surface area contributed by atoms with Gasteiger partial charge in [0.05, 0.1) is 0 Å². The normalized spacial score (nSPS) is 11.6. The number of pyridine rings is 1. The number of nitrogens with zero attached hydrogens (tertiary/aromatic N) is 1. The third kappa shape index (κ3) is 4.66. The van der Waals surface area contributed by atoms with Crippen LogP contribution in [0.15, 0.2) is 24.5 Å². The molecule has 0 amide bonds. The number of aryl methyl sites for hydroxylation is 1. The first kappa shape index (κ1) is 10.2. The fraction of sp³-hybridized carbons (Fsp3) is 0.583. The fourth-order valence-electron chi connectivity index (χ4n) is 1.37. The Morgan fingerprint density at radius 2 is 1.77 bits per heavy atom. The van der Waals surface area contributed by atoms with Gasteiger partial charge in [0.15, 0.2) is 0 Å². The van der Waals surface area contributed by atoms with Gasteiger partial charge in [-0.05, 0) is 42.4 Å². The molecular formula is C12H19N. The van der Waals surface area contributed by atoms with E-state index in [1.165, 1.54) is 24.8 Å². The highest BCUT2D eigenvalue weighted by Gasteiger charge is 2.08. The standard InChI is InChI=1S/C12H19N/c1-12(2,3)8-4-5-11-6-9-13-10-7-11/h6-7,9-10H,4-5,8H2,1-3H3. The predicted octanol–water partition coefficient (Wildman–Crippen LogP) is 3.45. The van der Waals surface area contributed by atoms with Crippen LogP contribution < -0.4 is 0 Å². The van der Waals surface area contributed by atoms with Crippen molar-refractivity contribution in [2.24, 2.45) is 5.41 Å². The Balaban J connectivity index is 2.29. The molecule has 1 rings (SSSR count). The van der Waals surface area contributed by atoms with Gasteiger partial charge in [-0.25, -0.2) is 0 Å². The summed E-state index contributed by atoms with van der Waals surface area (Å²) in [7, 11) is 0. The van der Waals surface area contributed by atoms with Gasteiger partial charge in [-0.1, -0.05) is 20.8 Å². The largest absolute Gasteiger partial charge is 0.265 e. The Labute approximate surface area is 81.2 Å². The Bertz CT molecular complexity index is 233. The second-order valence-electron chi connectivity index (χ2n) is 4.77. The van der Waals surface area contributed by atoms with E-state index in [4.69, 9.17) is 0 Å². The van der Waals surface area contributed by atoms with E-state index in [1.807, 2.05) is 12.4 Å². The lowest BCUT2D eigenvalue weighted by atomic mass is 9.89. The van der Waals surface area contributed by atoms with Crippen LogP contribution in [0.25, 0.3) is 0 Å². The Morgan fingerprint density at radius 1 is 1.15 bits per heavy atom. The third-order valence-corrected chi connectivity index (χ3v) is 2.14. The van der Waals surface area contributed by atoms with Crippen LogP contribution in [0.5, 0.6) is 0 Å². The zero-order chi connectivity index (χ0) is 9.73. The first-order chi connectivity index (χ1) is 6.08. The molecule has 0 aromatic carbocycles. The van der Waals surface area contributed by atoms with Crippen molar-refractivity contribution >= 4 is 0 Å². The van der Waals surface area contributed by atoms with Crippen molar-refractivity contribution in [2.45, 2.75) is 40.0 Å². The minimum absolute atomic E-state index is 0.465. The van der Waals surface area contributed by atoms with E-state index in [2.05, 4.69) is 37.9 Å². The van der Waals surface area contributed by atoms with Crippen molar-refractivity contribution in [3.8, 4) is 0 Å². The maximum atomic E-state index is 4.00. The highest BCUT2D eigenvalue weighted by molar-refractivity contribution is 5.09. The van der Waals surface area contributed by atoms with Gasteiger partial charge in [0, 0.05) is 12.4 Å². The zero-order valence-corrected chi connectivity index (χ0v) is 8.88. The quantitative estimate of drug-likeness (QED) is 0.689. The van der Waals surface area contributed by atoms with Crippen LogP contribution in [0.4, 0.5) is 0 Å². The summed E-state index contributed by atoms with van der Waals surface area (Å²) in [5.41, 5.74) is 1.87. The average Bonchev–Trinajstić information content (AvgIpc) is 2.04. The van der Waals surface area contributed by atoms with Crippen LogP contribution in [0.2, 0.25) is 0 Å². The van der Waals surface area contributed by atoms with Crippen LogP contribution in [-0.4, -0.2) is 4.98 Å². The van der Waals surface area contributed by atoms with Gasteiger partial charge in [0.25, 0.3) is 0 Å². The van der Waals surface area contributed by atoms with Crippen molar-refractivity contribution in [3.05, 3.63) is 30.1 Å². The molecule has 0 atom stereocenters. The molecule has 0 aliphatic carbocycles. The van der Waals surface area contributed by atoms with Crippen molar-refractivity contribution in [3.63, 3.8) is 0 Å². The van der Waals surface area contributed by atoms with E-state index in [9.17, 15) is 0 Å². The molecule has 0 spiro atoms. The van der Waals surface area contributed by atoms with Crippen LogP contribution in [-0.2, 0) is 6.42 Å². The smallest absolute Gasteiger partial charge is 0.0270 e. The molecular weight excluding hydrogens is 158 g/mol. The summed E-state index contributed by atoms with van der Waals surface area (Å²) in [4.78, 5) is 4.00. The van der Waals surface area contributed by atoms with Crippen LogP contribution in [0, 0.1) is 5.41 Å². The van der Waals surface area contributed by atoms with E-state index in [0.29, 0.717) is 5.41 Å². The summed E-state index contributed by atoms with van der Waals surface area (Å²) in [6, 6.07) is 4.20. The zero-order valence-electron chi connectivity index (χ0n) is 8.88. The topological polar surface area (TPSA) is 12.9 Å². The lowest BCUT2D eigenvalue weighted by Crippen LogP contribution is -2.04. The summed E-state index contributed by atoms with van der Waals surface area (Å²) in [5, 5.41) is 0. The maximum absolute atomic E-state index is 4.00. The summed E-state index contributed by atoms with van der Waals surface area (Å²) in [6.45, 7) is 6.87. The van der Waals surface area contributed by atoms with Crippen LogP contribution >= 0.6 is 0 Å². The summed E-state index contributed by atoms with van der Waals surface area (Å²) >= 11 is 0. The minimum atomic E-state index is 0.465. The second kappa shape index (κ2) is 4.40. The number of hydrogen-bond donors (Lipinski definition) is 0. The molecule has 0 aliphatic rings. The second-order valence-corrected chi connectivity index (χ2v) is 4.77. The Hall–Kier alpha value is -0.850. The van der Waals surface area contributed by atoms with Gasteiger partial charge in [-0.15, -0.1) is 0 Å². The molecule has 0 fully saturated rings. The third-order valence-electron chi connectivity index (χ3n) is 2.14. The molecule has 0 N–H and O–H groups in total. The first-order valence-corrected chi connectivity index (χ1v) is 4.97. The molecule has 1 heterocycles. The molecule has 0 saturated carbocycles. The van der Waals surface area contributed by atoms with Crippen molar-refractivity contribution in [1.29, 1.82) is 0 Å². The molecule has 1 aromatic rings. The molecule has 0 bridgehead atoms. The maximum Gasteiger partial charge on any atom is 0.0270 e. The van der Waals surface area contributed by atoms with E-state index >= 15 is 0 Å². The predicted molar refractivity (Wildman–Crippen MR) is 56.6 cm³/mol. The summed E-state index contributed by atoms with van der Waals surface area (Å²) in [5.74, 6) is 0. The van der Waals surface area contributed by atoms with Gasteiger partial charge in [0.1, 0.15) is 0 Å². The van der Waals surface area contributed by atoms with Crippen molar-refractivity contribution in [1.82, 2.24) is 4.98 Å². The summed E-state index contributed by atoms with van der Waals surface area (Å²) < 4.78 is 0. The highest BCUT2D eigenvalue weighted by atomic mass is 14.6. The van der Waals surface area contributed by atoms with E-state index in [1.54, 1.807) is 0 Å². The van der Waals surface area contributed by atoms with E-state index in [-0.39, 0.29) is 0 Å². The molecule has 13 heavy (non-hydrogen) atoms. The van der Waals surface area contributed by atoms with Gasteiger partial charge < -0.3 is 0 Å². The van der Waals surface area contributed by atoms with Crippen molar-refractivity contribution in [2.75, 3.05) is 0 Å². The van der Waals surface area contributed by atoms with Gasteiger partial charge in [-0.3, -0.25) is 4.98 Å². The SMILES string of the molecule is CC(C)(C)CCCc1ccncc1. The number of aromatic nitrogens is 1. The lowest BCUT2D eigenvalue weighted by Gasteiger charge is -2.17. The Morgan fingerprint density at radius 3 is 2.31 bits per heavy atom. The van der Waals surface area contributed by atoms with Gasteiger partial charge >= 0.3 is 0 Å². The van der Waals surface area contributed by atoms with Gasteiger partial charge in [-0.2, -0.15) is 0 Å². The molecule has 1 aromatic heterocycles. The molecule has 0 aliphatic heterocycles. The first-order valence-electron chi connectivity index (χ1n) is 4.97. The summed E-state index contributed by atoms with van der Waals surface area (Å²) in [6.07, 6.45) is 7.47. The van der Waals surface area contributed by atoms with Crippen LogP contribution in [0.1, 0.15) is 39.2 Å². The molecule has 0 saturated heterocycles. The molecule has 0 unspecified atom stereocenters. The minimum Gasteiger partial charge on any atom is -0.265 e. The number of rotatable bonds is 3. The van der Waals surface area contributed by atoms with Crippen molar-refractivity contribution < 1.29 is 0 Å². The van der Waals surface area contributed by atoms with E-state index in [0.717, 1.165) is 0 Å². The average molecular weight is 177 g/mol. The Kier molecular flexibility index (Phi) is 3.47. The highest BCUT2D eigenvalue weighted by Crippen LogP contribution is 2.21. The molecule has 72 valence electrons.